The minimum Gasteiger partial charge on any atom is -0.481 e. The Balaban J connectivity index is 2.60. The lowest BCUT2D eigenvalue weighted by Gasteiger charge is -2.24. The highest BCUT2D eigenvalue weighted by Gasteiger charge is 2.57. The first-order valence-corrected chi connectivity index (χ1v) is 3.99. The molecule has 0 aromatic heterocycles. The van der Waals surface area contributed by atoms with Gasteiger partial charge in [0.05, 0.1) is 6.42 Å². The second kappa shape index (κ2) is 3.39. The predicted octanol–water partition coefficient (Wildman–Crippen LogP) is 0.116. The van der Waals surface area contributed by atoms with Gasteiger partial charge in [-0.2, -0.15) is 13.2 Å². The van der Waals surface area contributed by atoms with Gasteiger partial charge in [0.25, 0.3) is 0 Å². The van der Waals surface area contributed by atoms with E-state index in [0.29, 0.717) is 0 Å². The fraction of sp³-hybridized carbons (Fsp3) is 0.857. The molecule has 0 spiro atoms. The van der Waals surface area contributed by atoms with Crippen molar-refractivity contribution in [3.63, 3.8) is 0 Å². The summed E-state index contributed by atoms with van der Waals surface area (Å²) in [5, 5.41) is 19.8. The summed E-state index contributed by atoms with van der Waals surface area (Å²) >= 11 is 0. The van der Waals surface area contributed by atoms with Crippen LogP contribution in [0.15, 0.2) is 0 Å². The van der Waals surface area contributed by atoms with Gasteiger partial charge in [0.15, 0.2) is 5.60 Å². The quantitative estimate of drug-likeness (QED) is 0.609. The summed E-state index contributed by atoms with van der Waals surface area (Å²) in [7, 11) is 0. The number of nitrogens with one attached hydrogen (secondary N) is 1. The predicted molar refractivity (Wildman–Crippen MR) is 39.7 cm³/mol. The first-order chi connectivity index (χ1) is 6.24. The van der Waals surface area contributed by atoms with Crippen LogP contribution in [-0.4, -0.2) is 40.5 Å². The highest BCUT2D eigenvalue weighted by atomic mass is 19.4. The van der Waals surface area contributed by atoms with Crippen LogP contribution in [0.25, 0.3) is 0 Å². The largest absolute Gasteiger partial charge is 0.481 e. The summed E-state index contributed by atoms with van der Waals surface area (Å²) in [4.78, 5) is 10.2. The fourth-order valence-corrected chi connectivity index (χ4v) is 1.44. The molecule has 0 aliphatic carbocycles. The van der Waals surface area contributed by atoms with Crippen molar-refractivity contribution in [3.8, 4) is 0 Å². The van der Waals surface area contributed by atoms with Gasteiger partial charge < -0.3 is 15.5 Å². The van der Waals surface area contributed by atoms with Crippen LogP contribution in [0.5, 0.6) is 0 Å². The molecule has 0 aromatic rings. The Morgan fingerprint density at radius 1 is 1.57 bits per heavy atom. The second-order valence-electron chi connectivity index (χ2n) is 3.41. The molecule has 1 saturated heterocycles. The van der Waals surface area contributed by atoms with E-state index in [-0.39, 0.29) is 0 Å². The third kappa shape index (κ3) is 2.16. The van der Waals surface area contributed by atoms with Gasteiger partial charge in [0.1, 0.15) is 0 Å². The molecule has 0 amide bonds. The topological polar surface area (TPSA) is 69.6 Å². The van der Waals surface area contributed by atoms with E-state index in [0.717, 1.165) is 0 Å². The van der Waals surface area contributed by atoms with Crippen LogP contribution in [0.3, 0.4) is 0 Å². The van der Waals surface area contributed by atoms with Crippen molar-refractivity contribution in [1.82, 2.24) is 5.32 Å². The molecule has 1 rings (SSSR count). The minimum atomic E-state index is -4.72. The number of β-amino-alcohol motifs (C(OH)–C–C–N with tert-alkyl or cyclic N) is 1. The molecule has 1 heterocycles. The van der Waals surface area contributed by atoms with E-state index < -0.39 is 43.2 Å². The van der Waals surface area contributed by atoms with Gasteiger partial charge in [-0.05, 0) is 0 Å². The number of aliphatic carboxylic acids is 1. The van der Waals surface area contributed by atoms with Crippen molar-refractivity contribution < 1.29 is 28.2 Å². The minimum absolute atomic E-state index is 0.418. The molecule has 7 heteroatoms. The number of carboxylic acids is 1. The fourth-order valence-electron chi connectivity index (χ4n) is 1.44. The van der Waals surface area contributed by atoms with Gasteiger partial charge >= 0.3 is 12.1 Å². The van der Waals surface area contributed by atoms with E-state index in [1.165, 1.54) is 0 Å². The molecule has 0 aromatic carbocycles. The lowest BCUT2D eigenvalue weighted by atomic mass is 9.98. The van der Waals surface area contributed by atoms with Crippen molar-refractivity contribution in [1.29, 1.82) is 0 Å². The summed E-state index contributed by atoms with van der Waals surface area (Å²) in [6, 6.07) is -0.820. The van der Waals surface area contributed by atoms with E-state index in [1.807, 2.05) is 0 Å². The summed E-state index contributed by atoms with van der Waals surface area (Å²) < 4.78 is 36.7. The zero-order chi connectivity index (χ0) is 11.0. The smallest absolute Gasteiger partial charge is 0.418 e. The molecule has 82 valence electrons. The van der Waals surface area contributed by atoms with Gasteiger partial charge in [0, 0.05) is 19.0 Å². The number of carboxylic acid groups (broad SMARTS) is 1. The molecule has 0 radical (unpaired) electrons. The molecule has 4 nitrogen and oxygen atoms in total. The molecule has 3 N–H and O–H groups in total. The van der Waals surface area contributed by atoms with Crippen LogP contribution in [0.4, 0.5) is 13.2 Å². The number of halogens is 3. The zero-order valence-corrected chi connectivity index (χ0v) is 7.14. The van der Waals surface area contributed by atoms with Gasteiger partial charge in [-0.3, -0.25) is 4.79 Å². The third-order valence-corrected chi connectivity index (χ3v) is 2.22. The maximum Gasteiger partial charge on any atom is 0.418 e. The maximum absolute atomic E-state index is 12.2. The van der Waals surface area contributed by atoms with Gasteiger partial charge in [0.2, 0.25) is 0 Å². The molecule has 0 saturated carbocycles. The molecule has 1 aliphatic heterocycles. The Morgan fingerprint density at radius 3 is 2.50 bits per heavy atom. The number of hydrogen-bond donors (Lipinski definition) is 3. The number of alkyl halides is 3. The third-order valence-electron chi connectivity index (χ3n) is 2.22. The van der Waals surface area contributed by atoms with Crippen LogP contribution >= 0.6 is 0 Å². The lowest BCUT2D eigenvalue weighted by molar-refractivity contribution is -0.252. The van der Waals surface area contributed by atoms with Crippen molar-refractivity contribution in [2.75, 3.05) is 6.54 Å². The Kier molecular flexibility index (Phi) is 2.73. The Labute approximate surface area is 77.7 Å². The molecule has 2 atom stereocenters. The SMILES string of the molecule is O=C(O)C[C@H]1C[C@@](O)(C(F)(F)F)CN1. The molecule has 1 fully saturated rings. The van der Waals surface area contributed by atoms with Crippen molar-refractivity contribution >= 4 is 5.97 Å². The summed E-state index contributed by atoms with van der Waals surface area (Å²) in [5.41, 5.74) is -2.78. The van der Waals surface area contributed by atoms with E-state index in [1.54, 1.807) is 0 Å². The van der Waals surface area contributed by atoms with Gasteiger partial charge in [-0.1, -0.05) is 0 Å². The van der Waals surface area contributed by atoms with Crippen LogP contribution in [0, 0.1) is 0 Å². The first-order valence-electron chi connectivity index (χ1n) is 3.99. The molecule has 0 unspecified atom stereocenters. The number of hydrogen-bond acceptors (Lipinski definition) is 3. The van der Waals surface area contributed by atoms with Crippen molar-refractivity contribution in [3.05, 3.63) is 0 Å². The van der Waals surface area contributed by atoms with E-state index in [2.05, 4.69) is 5.32 Å². The highest BCUT2D eigenvalue weighted by Crippen LogP contribution is 2.37. The normalized spacial score (nSPS) is 33.3. The number of rotatable bonds is 2. The molecular formula is C7H10F3NO3. The molecule has 14 heavy (non-hydrogen) atoms. The zero-order valence-electron chi connectivity index (χ0n) is 7.14. The van der Waals surface area contributed by atoms with Crippen molar-refractivity contribution in [2.24, 2.45) is 0 Å². The Hall–Kier alpha value is -0.820. The standard InChI is InChI=1S/C7H10F3NO3/c8-7(9,10)6(14)2-4(11-3-6)1-5(12)13/h4,11,14H,1-3H2,(H,12,13)/t4-,6-/m0/s1. The first kappa shape index (κ1) is 11.3. The van der Waals surface area contributed by atoms with Gasteiger partial charge in [-0.25, -0.2) is 0 Å². The number of aliphatic hydroxyl groups is 1. The summed E-state index contributed by atoms with van der Waals surface area (Å²) in [6.45, 7) is -0.644. The summed E-state index contributed by atoms with van der Waals surface area (Å²) in [6.07, 6.45) is -5.74. The van der Waals surface area contributed by atoms with Crippen LogP contribution < -0.4 is 5.32 Å². The molecular weight excluding hydrogens is 203 g/mol. The average molecular weight is 213 g/mol. The van der Waals surface area contributed by atoms with Crippen molar-refractivity contribution in [2.45, 2.75) is 30.7 Å². The highest BCUT2D eigenvalue weighted by molar-refractivity contribution is 5.67. The van der Waals surface area contributed by atoms with Crippen LogP contribution in [0.1, 0.15) is 12.8 Å². The molecule has 0 bridgehead atoms. The average Bonchev–Trinajstić information content (AvgIpc) is 2.30. The van der Waals surface area contributed by atoms with E-state index in [4.69, 9.17) is 10.2 Å². The summed E-state index contributed by atoms with van der Waals surface area (Å²) in [5.74, 6) is -1.19. The molecule has 1 aliphatic rings. The Morgan fingerprint density at radius 2 is 2.14 bits per heavy atom. The van der Waals surface area contributed by atoms with E-state index >= 15 is 0 Å². The lowest BCUT2D eigenvalue weighted by Crippen LogP contribution is -2.46. The monoisotopic (exact) mass is 213 g/mol. The second-order valence-corrected chi connectivity index (χ2v) is 3.41. The van der Waals surface area contributed by atoms with Crippen LogP contribution in [0.2, 0.25) is 0 Å². The van der Waals surface area contributed by atoms with E-state index in [9.17, 15) is 18.0 Å². The maximum atomic E-state index is 12.2. The Bertz CT molecular complexity index is 243. The number of carbonyl (C=O) groups is 1. The van der Waals surface area contributed by atoms with Crippen LogP contribution in [-0.2, 0) is 4.79 Å². The van der Waals surface area contributed by atoms with Gasteiger partial charge in [-0.15, -0.1) is 0 Å².